The van der Waals surface area contributed by atoms with Gasteiger partial charge >= 0.3 is 0 Å². The highest BCUT2D eigenvalue weighted by Crippen LogP contribution is 2.23. The zero-order chi connectivity index (χ0) is 11.4. The molecule has 1 aromatic rings. The first-order valence-electron chi connectivity index (χ1n) is 4.23. The number of hydrogen-bond acceptors (Lipinski definition) is 1. The van der Waals surface area contributed by atoms with E-state index in [1.165, 1.54) is 6.07 Å². The summed E-state index contributed by atoms with van der Waals surface area (Å²) >= 11 is 3.07. The van der Waals surface area contributed by atoms with Crippen LogP contribution in [0.2, 0.25) is 0 Å². The van der Waals surface area contributed by atoms with Gasteiger partial charge in [0.15, 0.2) is 5.78 Å². The molecule has 0 unspecified atom stereocenters. The highest BCUT2D eigenvalue weighted by molar-refractivity contribution is 9.09. The maximum Gasteiger partial charge on any atom is 0.266 e. The van der Waals surface area contributed by atoms with E-state index in [2.05, 4.69) is 15.9 Å². The summed E-state index contributed by atoms with van der Waals surface area (Å²) in [5.74, 6) is -1.27. The number of rotatable bonds is 4. The van der Waals surface area contributed by atoms with Crippen LogP contribution in [0.4, 0.5) is 13.2 Å². The summed E-state index contributed by atoms with van der Waals surface area (Å²) in [4.78, 5) is 11.3. The third kappa shape index (κ3) is 3.06. The molecule has 0 spiro atoms. The number of Topliss-reactive ketones (excluding diaryl/α,β-unsaturated/α-hetero) is 1. The maximum atomic E-state index is 12.9. The first-order valence-corrected chi connectivity index (χ1v) is 5.35. The first-order chi connectivity index (χ1) is 7.06. The van der Waals surface area contributed by atoms with Crippen LogP contribution in [0.25, 0.3) is 0 Å². The number of alkyl halides is 3. The third-order valence-corrected chi connectivity index (χ3v) is 2.27. The van der Waals surface area contributed by atoms with Crippen LogP contribution in [0.5, 0.6) is 0 Å². The number of benzene rings is 1. The third-order valence-electron chi connectivity index (χ3n) is 1.87. The van der Waals surface area contributed by atoms with Gasteiger partial charge in [0.1, 0.15) is 5.82 Å². The quantitative estimate of drug-likeness (QED) is 0.607. The molecule has 1 rings (SSSR count). The molecule has 5 heteroatoms. The van der Waals surface area contributed by atoms with Crippen molar-refractivity contribution in [3.05, 3.63) is 35.1 Å². The lowest BCUT2D eigenvalue weighted by molar-refractivity contribution is 0.0989. The average molecular weight is 281 g/mol. The summed E-state index contributed by atoms with van der Waals surface area (Å²) in [6, 6.07) is 3.01. The Morgan fingerprint density at radius 2 is 2.07 bits per heavy atom. The lowest BCUT2D eigenvalue weighted by atomic mass is 10.1. The van der Waals surface area contributed by atoms with Crippen molar-refractivity contribution in [3.63, 3.8) is 0 Å². The van der Waals surface area contributed by atoms with E-state index in [1.807, 2.05) is 0 Å². The number of halogens is 4. The molecule has 1 nitrogen and oxygen atoms in total. The Bertz CT molecular complexity index is 366. The van der Waals surface area contributed by atoms with E-state index in [1.54, 1.807) is 0 Å². The number of carbonyl (C=O) groups is 1. The van der Waals surface area contributed by atoms with E-state index in [9.17, 15) is 18.0 Å². The summed E-state index contributed by atoms with van der Waals surface area (Å²) in [5, 5.41) is 0.452. The van der Waals surface area contributed by atoms with Crippen molar-refractivity contribution in [2.24, 2.45) is 0 Å². The molecule has 0 amide bonds. The van der Waals surface area contributed by atoms with E-state index >= 15 is 0 Å². The van der Waals surface area contributed by atoms with Gasteiger partial charge in [-0.3, -0.25) is 4.79 Å². The summed E-state index contributed by atoms with van der Waals surface area (Å²) < 4.78 is 37.5. The Morgan fingerprint density at radius 1 is 1.40 bits per heavy atom. The lowest BCUT2D eigenvalue weighted by Gasteiger charge is -2.04. The SMILES string of the molecule is O=C(CCBr)c1ccc(F)c(C(F)F)c1. The zero-order valence-corrected chi connectivity index (χ0v) is 9.23. The number of hydrogen-bond donors (Lipinski definition) is 0. The van der Waals surface area contributed by atoms with Crippen LogP contribution in [0.1, 0.15) is 28.8 Å². The first kappa shape index (κ1) is 12.2. The molecule has 0 heterocycles. The molecule has 0 aromatic heterocycles. The molecule has 82 valence electrons. The van der Waals surface area contributed by atoms with Gasteiger partial charge in [-0.15, -0.1) is 0 Å². The van der Waals surface area contributed by atoms with Crippen molar-refractivity contribution in [2.75, 3.05) is 5.33 Å². The minimum atomic E-state index is -2.90. The number of carbonyl (C=O) groups excluding carboxylic acids is 1. The topological polar surface area (TPSA) is 17.1 Å². The van der Waals surface area contributed by atoms with Gasteiger partial charge in [0.25, 0.3) is 6.43 Å². The molecule has 0 atom stereocenters. The molecule has 0 aliphatic carbocycles. The second kappa shape index (κ2) is 5.30. The Hall–Kier alpha value is -0.840. The van der Waals surface area contributed by atoms with E-state index in [4.69, 9.17) is 0 Å². The monoisotopic (exact) mass is 280 g/mol. The smallest absolute Gasteiger partial charge is 0.266 e. The fourth-order valence-electron chi connectivity index (χ4n) is 1.11. The predicted molar refractivity (Wildman–Crippen MR) is 54.1 cm³/mol. The van der Waals surface area contributed by atoms with Crippen molar-refractivity contribution >= 4 is 21.7 Å². The van der Waals surface area contributed by atoms with Crippen LogP contribution >= 0.6 is 15.9 Å². The molecule has 0 aliphatic rings. The molecule has 0 fully saturated rings. The van der Waals surface area contributed by atoms with Gasteiger partial charge in [0, 0.05) is 17.3 Å². The lowest BCUT2D eigenvalue weighted by Crippen LogP contribution is -2.02. The van der Waals surface area contributed by atoms with Gasteiger partial charge in [-0.05, 0) is 18.2 Å². The fourth-order valence-corrected chi connectivity index (χ4v) is 1.47. The van der Waals surface area contributed by atoms with E-state index in [0.29, 0.717) is 5.33 Å². The van der Waals surface area contributed by atoms with Crippen LogP contribution in [0.15, 0.2) is 18.2 Å². The zero-order valence-electron chi connectivity index (χ0n) is 7.64. The molecule has 0 aliphatic heterocycles. The van der Waals surface area contributed by atoms with Crippen LogP contribution in [-0.2, 0) is 0 Å². The molecule has 0 radical (unpaired) electrons. The summed E-state index contributed by atoms with van der Waals surface area (Å²) in [6.07, 6.45) is -2.70. The van der Waals surface area contributed by atoms with Crippen molar-refractivity contribution in [1.82, 2.24) is 0 Å². The van der Waals surface area contributed by atoms with Gasteiger partial charge in [-0.25, -0.2) is 13.2 Å². The molecule has 0 bridgehead atoms. The van der Waals surface area contributed by atoms with Crippen LogP contribution in [0, 0.1) is 5.82 Å². The minimum Gasteiger partial charge on any atom is -0.294 e. The average Bonchev–Trinajstić information content (AvgIpc) is 2.18. The molecular formula is C10H8BrF3O. The second-order valence-electron chi connectivity index (χ2n) is 2.90. The van der Waals surface area contributed by atoms with Gasteiger partial charge in [-0.1, -0.05) is 15.9 Å². The largest absolute Gasteiger partial charge is 0.294 e. The minimum absolute atomic E-state index is 0.117. The Kier molecular flexibility index (Phi) is 4.32. The standard InChI is InChI=1S/C10H8BrF3O/c11-4-3-9(15)6-1-2-8(12)7(5-6)10(13)14/h1-2,5,10H,3-4H2. The van der Waals surface area contributed by atoms with Gasteiger partial charge < -0.3 is 0 Å². The summed E-state index contributed by atoms with van der Waals surface area (Å²) in [6.45, 7) is 0. The Balaban J connectivity index is 3.02. The number of ketones is 1. The maximum absolute atomic E-state index is 12.9. The molecule has 0 saturated heterocycles. The fraction of sp³-hybridized carbons (Fsp3) is 0.300. The molecule has 1 aromatic carbocycles. The van der Waals surface area contributed by atoms with Gasteiger partial charge in [-0.2, -0.15) is 0 Å². The normalized spacial score (nSPS) is 10.7. The highest BCUT2D eigenvalue weighted by atomic mass is 79.9. The molecular weight excluding hydrogens is 273 g/mol. The predicted octanol–water partition coefficient (Wildman–Crippen LogP) is 3.73. The van der Waals surface area contributed by atoms with Crippen LogP contribution in [-0.4, -0.2) is 11.1 Å². The van der Waals surface area contributed by atoms with E-state index in [-0.39, 0.29) is 17.8 Å². The van der Waals surface area contributed by atoms with Crippen molar-refractivity contribution in [3.8, 4) is 0 Å². The molecule has 0 N–H and O–H groups in total. The highest BCUT2D eigenvalue weighted by Gasteiger charge is 2.15. The van der Waals surface area contributed by atoms with Crippen molar-refractivity contribution in [1.29, 1.82) is 0 Å². The van der Waals surface area contributed by atoms with Crippen LogP contribution in [0.3, 0.4) is 0 Å². The van der Waals surface area contributed by atoms with Crippen molar-refractivity contribution < 1.29 is 18.0 Å². The van der Waals surface area contributed by atoms with E-state index < -0.39 is 17.8 Å². The van der Waals surface area contributed by atoms with Gasteiger partial charge in [0.05, 0.1) is 5.56 Å². The second-order valence-corrected chi connectivity index (χ2v) is 3.69. The molecule has 0 saturated carbocycles. The summed E-state index contributed by atoms with van der Waals surface area (Å²) in [5.41, 5.74) is -0.610. The Labute approximate surface area is 93.4 Å². The van der Waals surface area contributed by atoms with Crippen LogP contribution < -0.4 is 0 Å². The molecule has 15 heavy (non-hydrogen) atoms. The van der Waals surface area contributed by atoms with Gasteiger partial charge in [0.2, 0.25) is 0 Å². The summed E-state index contributed by atoms with van der Waals surface area (Å²) in [7, 11) is 0. The van der Waals surface area contributed by atoms with Crippen molar-refractivity contribution in [2.45, 2.75) is 12.8 Å². The Morgan fingerprint density at radius 3 is 2.60 bits per heavy atom. The van der Waals surface area contributed by atoms with E-state index in [0.717, 1.165) is 12.1 Å².